The number of hydrazine groups is 1. The Labute approximate surface area is 116 Å². The van der Waals surface area contributed by atoms with E-state index in [2.05, 4.69) is 37.5 Å². The van der Waals surface area contributed by atoms with E-state index in [0.29, 0.717) is 6.04 Å². The largest absolute Gasteiger partial charge is 0.308 e. The molecule has 0 atom stereocenters. The number of hydrogen-bond donors (Lipinski definition) is 2. The van der Waals surface area contributed by atoms with Crippen molar-refractivity contribution in [2.75, 3.05) is 0 Å². The van der Waals surface area contributed by atoms with Crippen molar-refractivity contribution >= 4 is 5.84 Å². The first-order chi connectivity index (χ1) is 9.20. The summed E-state index contributed by atoms with van der Waals surface area (Å²) in [6.07, 6.45) is 7.66. The molecular formula is C16H25N3. The van der Waals surface area contributed by atoms with E-state index in [4.69, 9.17) is 10.8 Å². The molecule has 3 nitrogen and oxygen atoms in total. The standard InChI is InChI=1S/C16H25N3/c1-12-9-10-15(13(2)11-12)16(19-17)18-14-7-5-3-4-6-8-14/h9-11,14H,3-8,17H2,1-2H3,(H,18,19). The maximum absolute atomic E-state index is 5.69. The van der Waals surface area contributed by atoms with Crippen LogP contribution in [0.25, 0.3) is 0 Å². The zero-order chi connectivity index (χ0) is 13.7. The third-order valence-corrected chi connectivity index (χ3v) is 3.91. The second kappa shape index (κ2) is 6.71. The highest BCUT2D eigenvalue weighted by Crippen LogP contribution is 2.21. The Balaban J connectivity index is 2.22. The van der Waals surface area contributed by atoms with Crippen molar-refractivity contribution in [3.63, 3.8) is 0 Å². The zero-order valence-corrected chi connectivity index (χ0v) is 12.1. The van der Waals surface area contributed by atoms with Crippen molar-refractivity contribution < 1.29 is 0 Å². The first-order valence-electron chi connectivity index (χ1n) is 7.33. The first kappa shape index (κ1) is 14.1. The molecule has 0 heterocycles. The molecule has 0 bridgehead atoms. The number of amidine groups is 1. The molecule has 2 rings (SSSR count). The molecule has 0 amide bonds. The highest BCUT2D eigenvalue weighted by Gasteiger charge is 2.13. The fraction of sp³-hybridized carbons (Fsp3) is 0.562. The lowest BCUT2D eigenvalue weighted by Gasteiger charge is -2.14. The topological polar surface area (TPSA) is 50.4 Å². The minimum atomic E-state index is 0.425. The molecule has 1 aromatic carbocycles. The summed E-state index contributed by atoms with van der Waals surface area (Å²) >= 11 is 0. The molecule has 0 unspecified atom stereocenters. The lowest BCUT2D eigenvalue weighted by Crippen LogP contribution is -2.33. The maximum Gasteiger partial charge on any atom is 0.143 e. The fourth-order valence-electron chi connectivity index (χ4n) is 2.83. The van der Waals surface area contributed by atoms with E-state index in [1.165, 1.54) is 49.7 Å². The van der Waals surface area contributed by atoms with Gasteiger partial charge in [-0.1, -0.05) is 49.4 Å². The summed E-state index contributed by atoms with van der Waals surface area (Å²) in [5.74, 6) is 6.52. The molecule has 0 spiro atoms. The molecular weight excluding hydrogens is 234 g/mol. The van der Waals surface area contributed by atoms with Gasteiger partial charge in [0.2, 0.25) is 0 Å². The van der Waals surface area contributed by atoms with Gasteiger partial charge in [-0.15, -0.1) is 0 Å². The van der Waals surface area contributed by atoms with Gasteiger partial charge in [-0.3, -0.25) is 4.99 Å². The predicted molar refractivity (Wildman–Crippen MR) is 81.3 cm³/mol. The summed E-state index contributed by atoms with van der Waals surface area (Å²) in [6, 6.07) is 6.83. The van der Waals surface area contributed by atoms with Crippen LogP contribution in [0.4, 0.5) is 0 Å². The third kappa shape index (κ3) is 3.80. The van der Waals surface area contributed by atoms with E-state index in [9.17, 15) is 0 Å². The summed E-state index contributed by atoms with van der Waals surface area (Å²) in [4.78, 5) is 4.86. The van der Waals surface area contributed by atoms with Crippen LogP contribution in [0.15, 0.2) is 23.2 Å². The van der Waals surface area contributed by atoms with E-state index in [1.807, 2.05) is 0 Å². The number of nitrogens with two attached hydrogens (primary N) is 1. The SMILES string of the molecule is Cc1ccc(C(=NC2CCCCCC2)NN)c(C)c1. The van der Waals surface area contributed by atoms with Gasteiger partial charge < -0.3 is 5.43 Å². The lowest BCUT2D eigenvalue weighted by molar-refractivity contribution is 0.583. The Morgan fingerprint density at radius 3 is 2.42 bits per heavy atom. The second-order valence-electron chi connectivity index (χ2n) is 5.59. The normalized spacial score (nSPS) is 18.2. The molecule has 0 saturated heterocycles. The average Bonchev–Trinajstić information content (AvgIpc) is 2.65. The van der Waals surface area contributed by atoms with Crippen LogP contribution >= 0.6 is 0 Å². The number of aryl methyl sites for hydroxylation is 2. The van der Waals surface area contributed by atoms with Crippen LogP contribution in [0, 0.1) is 13.8 Å². The molecule has 104 valence electrons. The third-order valence-electron chi connectivity index (χ3n) is 3.91. The predicted octanol–water partition coefficient (Wildman–Crippen LogP) is 3.24. The van der Waals surface area contributed by atoms with E-state index < -0.39 is 0 Å². The lowest BCUT2D eigenvalue weighted by atomic mass is 10.0. The molecule has 1 saturated carbocycles. The van der Waals surface area contributed by atoms with Gasteiger partial charge in [-0.2, -0.15) is 0 Å². The highest BCUT2D eigenvalue weighted by atomic mass is 15.3. The molecule has 1 aliphatic carbocycles. The van der Waals surface area contributed by atoms with Crippen molar-refractivity contribution in [1.82, 2.24) is 5.43 Å². The first-order valence-corrected chi connectivity index (χ1v) is 7.33. The van der Waals surface area contributed by atoms with Crippen LogP contribution in [-0.4, -0.2) is 11.9 Å². The van der Waals surface area contributed by atoms with Gasteiger partial charge in [0.05, 0.1) is 6.04 Å². The van der Waals surface area contributed by atoms with Crippen molar-refractivity contribution in [2.45, 2.75) is 58.4 Å². The molecule has 3 heteroatoms. The van der Waals surface area contributed by atoms with Gasteiger partial charge in [-0.05, 0) is 32.3 Å². The van der Waals surface area contributed by atoms with Crippen LogP contribution in [-0.2, 0) is 0 Å². The summed E-state index contributed by atoms with van der Waals surface area (Å²) in [5, 5.41) is 0. The summed E-state index contributed by atoms with van der Waals surface area (Å²) < 4.78 is 0. The second-order valence-corrected chi connectivity index (χ2v) is 5.59. The van der Waals surface area contributed by atoms with Crippen LogP contribution < -0.4 is 11.3 Å². The monoisotopic (exact) mass is 259 g/mol. The Morgan fingerprint density at radius 2 is 1.84 bits per heavy atom. The quantitative estimate of drug-likeness (QED) is 0.282. The fourth-order valence-corrected chi connectivity index (χ4v) is 2.83. The van der Waals surface area contributed by atoms with Crippen molar-refractivity contribution in [2.24, 2.45) is 10.8 Å². The summed E-state index contributed by atoms with van der Waals surface area (Å²) in [7, 11) is 0. The van der Waals surface area contributed by atoms with Crippen molar-refractivity contribution in [3.05, 3.63) is 34.9 Å². The number of nitrogens with one attached hydrogen (secondary N) is 1. The maximum atomic E-state index is 5.69. The number of benzene rings is 1. The number of nitrogens with zero attached hydrogens (tertiary/aromatic N) is 1. The van der Waals surface area contributed by atoms with Gasteiger partial charge in [0, 0.05) is 5.56 Å². The van der Waals surface area contributed by atoms with Crippen LogP contribution in [0.3, 0.4) is 0 Å². The van der Waals surface area contributed by atoms with Crippen molar-refractivity contribution in [3.8, 4) is 0 Å². The van der Waals surface area contributed by atoms with Gasteiger partial charge >= 0.3 is 0 Å². The van der Waals surface area contributed by atoms with Crippen LogP contribution in [0.1, 0.15) is 55.2 Å². The minimum absolute atomic E-state index is 0.425. The summed E-state index contributed by atoms with van der Waals surface area (Å²) in [5.41, 5.74) is 6.42. The molecule has 0 aliphatic heterocycles. The average molecular weight is 259 g/mol. The van der Waals surface area contributed by atoms with E-state index in [-0.39, 0.29) is 0 Å². The highest BCUT2D eigenvalue weighted by molar-refractivity contribution is 5.99. The molecule has 1 fully saturated rings. The minimum Gasteiger partial charge on any atom is -0.308 e. The smallest absolute Gasteiger partial charge is 0.143 e. The van der Waals surface area contributed by atoms with E-state index >= 15 is 0 Å². The summed E-state index contributed by atoms with van der Waals surface area (Å²) in [6.45, 7) is 4.22. The van der Waals surface area contributed by atoms with Gasteiger partial charge in [0.15, 0.2) is 0 Å². The Kier molecular flexibility index (Phi) is 4.97. The van der Waals surface area contributed by atoms with Gasteiger partial charge in [0.25, 0.3) is 0 Å². The molecule has 1 aliphatic rings. The molecule has 3 N–H and O–H groups in total. The van der Waals surface area contributed by atoms with Gasteiger partial charge in [0.1, 0.15) is 5.84 Å². The van der Waals surface area contributed by atoms with Gasteiger partial charge in [-0.25, -0.2) is 5.84 Å². The van der Waals surface area contributed by atoms with Crippen molar-refractivity contribution in [1.29, 1.82) is 0 Å². The number of rotatable bonds is 2. The Morgan fingerprint density at radius 1 is 1.16 bits per heavy atom. The van der Waals surface area contributed by atoms with Crippen LogP contribution in [0.5, 0.6) is 0 Å². The zero-order valence-electron chi connectivity index (χ0n) is 12.1. The molecule has 19 heavy (non-hydrogen) atoms. The number of hydrogen-bond acceptors (Lipinski definition) is 2. The van der Waals surface area contributed by atoms with E-state index in [1.54, 1.807) is 0 Å². The van der Waals surface area contributed by atoms with E-state index in [0.717, 1.165) is 11.4 Å². The Hall–Kier alpha value is -1.35. The molecule has 0 radical (unpaired) electrons. The molecule has 0 aromatic heterocycles. The van der Waals surface area contributed by atoms with Crippen LogP contribution in [0.2, 0.25) is 0 Å². The Bertz CT molecular complexity index is 443. The number of aliphatic imine (C=N–C) groups is 1. The molecule has 1 aromatic rings.